The van der Waals surface area contributed by atoms with Gasteiger partial charge >= 0.3 is 6.09 Å². The van der Waals surface area contributed by atoms with Crippen LogP contribution < -0.4 is 9.47 Å². The second-order valence-corrected chi connectivity index (χ2v) is 7.82. The van der Waals surface area contributed by atoms with Crippen molar-refractivity contribution in [3.63, 3.8) is 0 Å². The second kappa shape index (κ2) is 7.96. The summed E-state index contributed by atoms with van der Waals surface area (Å²) in [7, 11) is 1.63. The van der Waals surface area contributed by atoms with Gasteiger partial charge in [-0.3, -0.25) is 9.88 Å². The number of amides is 1. The van der Waals surface area contributed by atoms with E-state index >= 15 is 0 Å². The summed E-state index contributed by atoms with van der Waals surface area (Å²) < 4.78 is 10.9. The first kappa shape index (κ1) is 19.5. The SMILES string of the molecule is COc1ccc(C2c3[nH]c4ccc(Cl)cc4c3CCN2C(=O)Oc2cccnc2)cc1. The molecule has 0 aliphatic carbocycles. The molecule has 0 spiro atoms. The summed E-state index contributed by atoms with van der Waals surface area (Å²) in [5.74, 6) is 1.17. The summed E-state index contributed by atoms with van der Waals surface area (Å²) in [5, 5.41) is 1.77. The van der Waals surface area contributed by atoms with Crippen molar-refractivity contribution in [3.8, 4) is 11.5 Å². The molecule has 7 heteroatoms. The van der Waals surface area contributed by atoms with Crippen molar-refractivity contribution in [1.82, 2.24) is 14.9 Å². The zero-order valence-electron chi connectivity index (χ0n) is 16.8. The van der Waals surface area contributed by atoms with Gasteiger partial charge < -0.3 is 14.5 Å². The second-order valence-electron chi connectivity index (χ2n) is 7.38. The highest BCUT2D eigenvalue weighted by Gasteiger charge is 2.35. The van der Waals surface area contributed by atoms with Crippen LogP contribution in [0, 0.1) is 0 Å². The van der Waals surface area contributed by atoms with Gasteiger partial charge in [0.05, 0.1) is 13.3 Å². The number of nitrogens with one attached hydrogen (secondary N) is 1. The molecular weight excluding hydrogens is 414 g/mol. The van der Waals surface area contributed by atoms with Crippen LogP contribution in [-0.4, -0.2) is 34.6 Å². The Bertz CT molecular complexity index is 1240. The molecular formula is C24H20ClN3O3. The number of halogens is 1. The molecule has 1 amide bonds. The van der Waals surface area contributed by atoms with Crippen LogP contribution in [0.2, 0.25) is 5.02 Å². The van der Waals surface area contributed by atoms with Crippen LogP contribution in [-0.2, 0) is 6.42 Å². The van der Waals surface area contributed by atoms with Gasteiger partial charge in [0.25, 0.3) is 0 Å². The maximum atomic E-state index is 13.2. The average molecular weight is 434 g/mol. The van der Waals surface area contributed by atoms with Crippen LogP contribution in [0.1, 0.15) is 22.9 Å². The monoisotopic (exact) mass is 433 g/mol. The highest BCUT2D eigenvalue weighted by molar-refractivity contribution is 6.31. The van der Waals surface area contributed by atoms with E-state index in [1.54, 1.807) is 30.3 Å². The lowest BCUT2D eigenvalue weighted by Gasteiger charge is -2.35. The van der Waals surface area contributed by atoms with Crippen LogP contribution in [0.25, 0.3) is 10.9 Å². The Morgan fingerprint density at radius 3 is 2.74 bits per heavy atom. The third-order valence-electron chi connectivity index (χ3n) is 5.59. The fourth-order valence-corrected chi connectivity index (χ4v) is 4.33. The zero-order chi connectivity index (χ0) is 21.4. The third-order valence-corrected chi connectivity index (χ3v) is 5.83. The number of fused-ring (bicyclic) bond motifs is 3. The number of H-pyrrole nitrogens is 1. The maximum Gasteiger partial charge on any atom is 0.416 e. The van der Waals surface area contributed by atoms with Gasteiger partial charge in [0.1, 0.15) is 11.8 Å². The summed E-state index contributed by atoms with van der Waals surface area (Å²) in [4.78, 5) is 22.5. The van der Waals surface area contributed by atoms with E-state index in [1.807, 2.05) is 42.5 Å². The molecule has 1 aliphatic rings. The van der Waals surface area contributed by atoms with Crippen LogP contribution in [0.4, 0.5) is 4.79 Å². The molecule has 5 rings (SSSR count). The molecule has 6 nitrogen and oxygen atoms in total. The number of aromatic nitrogens is 2. The third kappa shape index (κ3) is 3.59. The standard InChI is InChI=1S/C24H20ClN3O3/c1-30-17-7-4-15(5-8-17)23-22-19(20-13-16(25)6-9-21(20)27-22)10-12-28(23)24(29)31-18-3-2-11-26-14-18/h2-9,11,13-14,23,27H,10,12H2,1H3. The number of ether oxygens (including phenoxy) is 2. The Hall–Kier alpha value is -3.51. The molecule has 0 saturated carbocycles. The van der Waals surface area contributed by atoms with Gasteiger partial charge in [-0.2, -0.15) is 0 Å². The molecule has 1 atom stereocenters. The summed E-state index contributed by atoms with van der Waals surface area (Å²) in [6.07, 6.45) is 3.45. The number of methoxy groups -OCH3 is 1. The Labute approximate surface area is 184 Å². The highest BCUT2D eigenvalue weighted by Crippen LogP contribution is 2.39. The first-order valence-corrected chi connectivity index (χ1v) is 10.3. The predicted molar refractivity (Wildman–Crippen MR) is 119 cm³/mol. The maximum absolute atomic E-state index is 13.2. The molecule has 1 aliphatic heterocycles. The number of aromatic amines is 1. The highest BCUT2D eigenvalue weighted by atomic mass is 35.5. The van der Waals surface area contributed by atoms with Gasteiger partial charge in [-0.25, -0.2) is 4.79 Å². The van der Waals surface area contributed by atoms with Gasteiger partial charge in [0, 0.05) is 34.4 Å². The van der Waals surface area contributed by atoms with E-state index in [0.717, 1.165) is 27.9 Å². The van der Waals surface area contributed by atoms with Crippen LogP contribution in [0.15, 0.2) is 67.0 Å². The minimum absolute atomic E-state index is 0.329. The van der Waals surface area contributed by atoms with E-state index in [9.17, 15) is 4.79 Å². The lowest BCUT2D eigenvalue weighted by Crippen LogP contribution is -2.42. The van der Waals surface area contributed by atoms with E-state index in [0.29, 0.717) is 23.7 Å². The molecule has 0 radical (unpaired) electrons. The fraction of sp³-hybridized carbons (Fsp3) is 0.167. The minimum atomic E-state index is -0.420. The largest absolute Gasteiger partial charge is 0.497 e. The quantitative estimate of drug-likeness (QED) is 0.471. The molecule has 0 saturated heterocycles. The van der Waals surface area contributed by atoms with Crippen LogP contribution in [0.3, 0.4) is 0 Å². The van der Waals surface area contributed by atoms with Crippen molar-refractivity contribution in [2.45, 2.75) is 12.5 Å². The van der Waals surface area contributed by atoms with Crippen LogP contribution >= 0.6 is 11.6 Å². The Kier molecular flexibility index (Phi) is 5.00. The normalized spacial score (nSPS) is 15.5. The molecule has 0 fully saturated rings. The number of pyridine rings is 1. The van der Waals surface area contributed by atoms with E-state index in [2.05, 4.69) is 9.97 Å². The van der Waals surface area contributed by atoms with Crippen LogP contribution in [0.5, 0.6) is 11.5 Å². The molecule has 2 aromatic carbocycles. The molecule has 1 N–H and O–H groups in total. The average Bonchev–Trinajstić information content (AvgIpc) is 3.17. The van der Waals surface area contributed by atoms with Crippen molar-refractivity contribution in [2.75, 3.05) is 13.7 Å². The molecule has 1 unspecified atom stereocenters. The van der Waals surface area contributed by atoms with E-state index < -0.39 is 6.09 Å². The Morgan fingerprint density at radius 1 is 1.16 bits per heavy atom. The number of nitrogens with zero attached hydrogens (tertiary/aromatic N) is 2. The lowest BCUT2D eigenvalue weighted by atomic mass is 9.92. The fourth-order valence-electron chi connectivity index (χ4n) is 4.16. The van der Waals surface area contributed by atoms with E-state index in [4.69, 9.17) is 21.1 Å². The van der Waals surface area contributed by atoms with Gasteiger partial charge in [-0.1, -0.05) is 23.7 Å². The van der Waals surface area contributed by atoms with E-state index in [-0.39, 0.29) is 6.04 Å². The smallest absolute Gasteiger partial charge is 0.416 e. The first-order chi connectivity index (χ1) is 15.1. The Balaban J connectivity index is 1.59. The number of hydrogen-bond acceptors (Lipinski definition) is 4. The molecule has 2 aromatic heterocycles. The number of hydrogen-bond donors (Lipinski definition) is 1. The summed E-state index contributed by atoms with van der Waals surface area (Å²) in [6, 6.07) is 16.7. The number of rotatable bonds is 3. The topological polar surface area (TPSA) is 67.5 Å². The molecule has 0 bridgehead atoms. The first-order valence-electron chi connectivity index (χ1n) is 9.96. The minimum Gasteiger partial charge on any atom is -0.497 e. The van der Waals surface area contributed by atoms with Gasteiger partial charge in [0.15, 0.2) is 5.75 Å². The van der Waals surface area contributed by atoms with Crippen molar-refractivity contribution in [3.05, 3.63) is 88.8 Å². The molecule has 156 valence electrons. The van der Waals surface area contributed by atoms with Crippen molar-refractivity contribution >= 4 is 28.6 Å². The van der Waals surface area contributed by atoms with Gasteiger partial charge in [-0.05, 0) is 60.0 Å². The zero-order valence-corrected chi connectivity index (χ0v) is 17.6. The summed E-state index contributed by atoms with van der Waals surface area (Å²) in [6.45, 7) is 0.516. The van der Waals surface area contributed by atoms with Crippen molar-refractivity contribution < 1.29 is 14.3 Å². The van der Waals surface area contributed by atoms with Gasteiger partial charge in [0.2, 0.25) is 0 Å². The summed E-state index contributed by atoms with van der Waals surface area (Å²) >= 11 is 6.26. The van der Waals surface area contributed by atoms with E-state index in [1.165, 1.54) is 11.8 Å². The summed E-state index contributed by atoms with van der Waals surface area (Å²) in [5.41, 5.74) is 4.10. The predicted octanol–water partition coefficient (Wildman–Crippen LogP) is 5.37. The lowest BCUT2D eigenvalue weighted by molar-refractivity contribution is 0.135. The molecule has 31 heavy (non-hydrogen) atoms. The number of carbonyl (C=O) groups excluding carboxylic acids is 1. The molecule has 3 heterocycles. The molecule has 4 aromatic rings. The van der Waals surface area contributed by atoms with Gasteiger partial charge in [-0.15, -0.1) is 0 Å². The van der Waals surface area contributed by atoms with Crippen molar-refractivity contribution in [1.29, 1.82) is 0 Å². The number of benzene rings is 2. The Morgan fingerprint density at radius 2 is 2.00 bits per heavy atom. The van der Waals surface area contributed by atoms with Crippen molar-refractivity contribution in [2.24, 2.45) is 0 Å². The number of carbonyl (C=O) groups is 1.